The molecule has 1 aromatic rings. The monoisotopic (exact) mass is 322 g/mol. The van der Waals surface area contributed by atoms with Crippen LogP contribution in [0.2, 0.25) is 4.34 Å². The summed E-state index contributed by atoms with van der Waals surface area (Å²) in [6.45, 7) is 4.94. The van der Waals surface area contributed by atoms with Crippen LogP contribution in [0.4, 0.5) is 0 Å². The van der Waals surface area contributed by atoms with Crippen molar-refractivity contribution in [2.75, 3.05) is 0 Å². The van der Waals surface area contributed by atoms with Gasteiger partial charge in [0.05, 0.1) is 9.21 Å². The Morgan fingerprint density at radius 3 is 2.38 bits per heavy atom. The van der Waals surface area contributed by atoms with Crippen LogP contribution in [0.3, 0.4) is 0 Å². The molecule has 1 aromatic heterocycles. The maximum Gasteiger partial charge on any atom is 0.173 e. The third kappa shape index (κ3) is 2.39. The Bertz CT molecular complexity index is 586. The summed E-state index contributed by atoms with van der Waals surface area (Å²) in [5, 5.41) is 0. The molecular weight excluding hydrogens is 300 g/mol. The maximum atomic E-state index is 12.7. The molecule has 21 heavy (non-hydrogen) atoms. The van der Waals surface area contributed by atoms with Crippen LogP contribution in [0.25, 0.3) is 0 Å². The van der Waals surface area contributed by atoms with Gasteiger partial charge in [0, 0.05) is 6.42 Å². The van der Waals surface area contributed by atoms with Gasteiger partial charge < -0.3 is 0 Å². The SMILES string of the molecule is CC12CC3CC(C)(C1)CC(CC(=O)c1ccc(Cl)s1)(C3)C2. The normalized spacial score (nSPS) is 44.2. The Kier molecular flexibility index (Phi) is 2.96. The van der Waals surface area contributed by atoms with E-state index in [9.17, 15) is 4.79 Å². The van der Waals surface area contributed by atoms with Crippen molar-refractivity contribution in [3.8, 4) is 0 Å². The highest BCUT2D eigenvalue weighted by Gasteiger charge is 2.60. The average Bonchev–Trinajstić information content (AvgIpc) is 2.70. The summed E-state index contributed by atoms with van der Waals surface area (Å²) in [6.07, 6.45) is 8.70. The molecule has 5 rings (SSSR count). The van der Waals surface area contributed by atoms with Crippen LogP contribution in [0.15, 0.2) is 12.1 Å². The minimum atomic E-state index is 0.274. The van der Waals surface area contributed by atoms with Crippen molar-refractivity contribution in [2.24, 2.45) is 22.2 Å². The van der Waals surface area contributed by atoms with E-state index in [0.29, 0.717) is 16.6 Å². The molecule has 0 amide bonds. The molecule has 4 aliphatic carbocycles. The summed E-state index contributed by atoms with van der Waals surface area (Å²) < 4.78 is 0.725. The Labute approximate surface area is 136 Å². The molecule has 4 bridgehead atoms. The topological polar surface area (TPSA) is 17.1 Å². The Hall–Kier alpha value is -0.340. The lowest BCUT2D eigenvalue weighted by Gasteiger charge is -2.65. The van der Waals surface area contributed by atoms with E-state index >= 15 is 0 Å². The van der Waals surface area contributed by atoms with E-state index in [-0.39, 0.29) is 5.41 Å². The van der Waals surface area contributed by atoms with E-state index in [2.05, 4.69) is 13.8 Å². The fourth-order valence-corrected chi connectivity index (χ4v) is 7.75. The number of Topliss-reactive ketones (excluding diaryl/α,β-unsaturated/α-hetero) is 1. The second-order valence-electron chi connectivity index (χ2n) is 8.83. The maximum absolute atomic E-state index is 12.7. The van der Waals surface area contributed by atoms with Gasteiger partial charge in [-0.05, 0) is 72.8 Å². The highest BCUT2D eigenvalue weighted by molar-refractivity contribution is 7.18. The lowest BCUT2D eigenvalue weighted by molar-refractivity contribution is -0.143. The van der Waals surface area contributed by atoms with E-state index in [1.807, 2.05) is 12.1 Å². The van der Waals surface area contributed by atoms with Crippen molar-refractivity contribution in [3.05, 3.63) is 21.3 Å². The number of ketones is 1. The summed E-state index contributed by atoms with van der Waals surface area (Å²) >= 11 is 7.43. The summed E-state index contributed by atoms with van der Waals surface area (Å²) in [5.41, 5.74) is 1.25. The molecule has 4 fully saturated rings. The van der Waals surface area contributed by atoms with Crippen molar-refractivity contribution in [3.63, 3.8) is 0 Å². The third-order valence-electron chi connectivity index (χ3n) is 6.13. The predicted molar refractivity (Wildman–Crippen MR) is 88.1 cm³/mol. The second-order valence-corrected chi connectivity index (χ2v) is 10.5. The van der Waals surface area contributed by atoms with Gasteiger partial charge in [0.2, 0.25) is 0 Å². The van der Waals surface area contributed by atoms with E-state index in [4.69, 9.17) is 11.6 Å². The number of rotatable bonds is 3. The van der Waals surface area contributed by atoms with Gasteiger partial charge in [-0.3, -0.25) is 4.79 Å². The van der Waals surface area contributed by atoms with Gasteiger partial charge in [-0.15, -0.1) is 11.3 Å². The van der Waals surface area contributed by atoms with E-state index in [1.54, 1.807) is 0 Å². The van der Waals surface area contributed by atoms with Crippen LogP contribution in [0.1, 0.15) is 68.5 Å². The van der Waals surface area contributed by atoms with Gasteiger partial charge in [0.15, 0.2) is 5.78 Å². The molecule has 4 saturated carbocycles. The van der Waals surface area contributed by atoms with Gasteiger partial charge in [0.25, 0.3) is 0 Å². The lowest BCUT2D eigenvalue weighted by Crippen LogP contribution is -2.55. The molecular formula is C18H23ClOS. The first kappa shape index (κ1) is 14.3. The average molecular weight is 323 g/mol. The molecule has 3 heteroatoms. The van der Waals surface area contributed by atoms with Crippen molar-refractivity contribution in [1.29, 1.82) is 0 Å². The fourth-order valence-electron chi connectivity index (χ4n) is 6.77. The van der Waals surface area contributed by atoms with Crippen molar-refractivity contribution < 1.29 is 4.79 Å². The first-order chi connectivity index (χ1) is 9.79. The number of hydrogen-bond acceptors (Lipinski definition) is 2. The number of thiophene rings is 1. The molecule has 2 atom stereocenters. The second kappa shape index (κ2) is 4.35. The molecule has 4 aliphatic rings. The smallest absolute Gasteiger partial charge is 0.173 e. The van der Waals surface area contributed by atoms with Crippen molar-refractivity contribution in [2.45, 2.75) is 58.8 Å². The summed E-state index contributed by atoms with van der Waals surface area (Å²) in [6, 6.07) is 3.75. The minimum Gasteiger partial charge on any atom is -0.293 e. The first-order valence-electron chi connectivity index (χ1n) is 8.08. The van der Waals surface area contributed by atoms with Crippen LogP contribution in [0.5, 0.6) is 0 Å². The number of halogens is 1. The Morgan fingerprint density at radius 1 is 1.19 bits per heavy atom. The molecule has 0 N–H and O–H groups in total. The molecule has 1 heterocycles. The number of hydrogen-bond donors (Lipinski definition) is 0. The lowest BCUT2D eigenvalue weighted by atomic mass is 9.39. The standard InChI is InChI=1S/C18H23ClOS/c1-16-5-12-6-17(2,9-16)11-18(7-12,10-16)8-13(20)14-3-4-15(19)21-14/h3-4,12H,5-11H2,1-2H3. The predicted octanol–water partition coefficient (Wildman–Crippen LogP) is 5.97. The van der Waals surface area contributed by atoms with Gasteiger partial charge in [-0.2, -0.15) is 0 Å². The van der Waals surface area contributed by atoms with Crippen molar-refractivity contribution >= 4 is 28.7 Å². The highest BCUT2D eigenvalue weighted by Crippen LogP contribution is 2.70. The van der Waals surface area contributed by atoms with Gasteiger partial charge in [-0.1, -0.05) is 25.4 Å². The molecule has 0 aromatic carbocycles. The van der Waals surface area contributed by atoms with Crippen LogP contribution in [-0.4, -0.2) is 5.78 Å². The summed E-state index contributed by atoms with van der Waals surface area (Å²) in [7, 11) is 0. The van der Waals surface area contributed by atoms with Crippen LogP contribution in [-0.2, 0) is 0 Å². The fraction of sp³-hybridized carbons (Fsp3) is 0.722. The molecule has 0 saturated heterocycles. The van der Waals surface area contributed by atoms with Gasteiger partial charge in [0.1, 0.15) is 0 Å². The minimum absolute atomic E-state index is 0.274. The van der Waals surface area contributed by atoms with Crippen LogP contribution in [0, 0.1) is 22.2 Å². The first-order valence-corrected chi connectivity index (χ1v) is 9.27. The zero-order chi connectivity index (χ0) is 14.9. The third-order valence-corrected chi connectivity index (χ3v) is 7.40. The Morgan fingerprint density at radius 2 is 1.86 bits per heavy atom. The zero-order valence-corrected chi connectivity index (χ0v) is 14.4. The molecule has 0 radical (unpaired) electrons. The molecule has 114 valence electrons. The number of carbonyl (C=O) groups excluding carboxylic acids is 1. The van der Waals surface area contributed by atoms with E-state index in [1.165, 1.54) is 49.9 Å². The highest BCUT2D eigenvalue weighted by atomic mass is 35.5. The molecule has 1 nitrogen and oxygen atoms in total. The Balaban J connectivity index is 1.61. The van der Waals surface area contributed by atoms with Crippen LogP contribution < -0.4 is 0 Å². The summed E-state index contributed by atoms with van der Waals surface area (Å²) in [5.74, 6) is 1.18. The molecule has 2 unspecified atom stereocenters. The van der Waals surface area contributed by atoms with E-state index < -0.39 is 0 Å². The van der Waals surface area contributed by atoms with E-state index in [0.717, 1.165) is 21.6 Å². The van der Waals surface area contributed by atoms with Gasteiger partial charge >= 0.3 is 0 Å². The van der Waals surface area contributed by atoms with Gasteiger partial charge in [-0.25, -0.2) is 0 Å². The van der Waals surface area contributed by atoms with Crippen LogP contribution >= 0.6 is 22.9 Å². The largest absolute Gasteiger partial charge is 0.293 e. The summed E-state index contributed by atoms with van der Waals surface area (Å²) in [4.78, 5) is 13.6. The van der Waals surface area contributed by atoms with Crippen molar-refractivity contribution in [1.82, 2.24) is 0 Å². The zero-order valence-electron chi connectivity index (χ0n) is 12.9. The quantitative estimate of drug-likeness (QED) is 0.626. The molecule has 0 aliphatic heterocycles. The number of carbonyl (C=O) groups is 1. The molecule has 0 spiro atoms.